The highest BCUT2D eigenvalue weighted by atomic mass is 35.5. The summed E-state index contributed by atoms with van der Waals surface area (Å²) in [5, 5.41) is 11.7. The van der Waals surface area contributed by atoms with Crippen molar-refractivity contribution in [3.63, 3.8) is 0 Å². The van der Waals surface area contributed by atoms with Crippen LogP contribution in [0.4, 0.5) is 0 Å². The standard InChI is InChI=1S/C21H24ClN5O/c1-3-26(4-2)20(17-12-8-9-13-18(17)22)14-23-21(28)19-15-27(25-24-19)16-10-6-5-7-11-16/h5-13,15,20H,3-4,14H2,1-2H3,(H,23,28). The minimum absolute atomic E-state index is 0.0168. The molecule has 28 heavy (non-hydrogen) atoms. The predicted octanol–water partition coefficient (Wildman–Crippen LogP) is 3.73. The molecule has 2 aromatic carbocycles. The fraction of sp³-hybridized carbons (Fsp3) is 0.286. The summed E-state index contributed by atoms with van der Waals surface area (Å²) in [7, 11) is 0. The van der Waals surface area contributed by atoms with Crippen LogP contribution in [0.5, 0.6) is 0 Å². The second kappa shape index (κ2) is 9.48. The Morgan fingerprint density at radius 1 is 1.11 bits per heavy atom. The molecule has 3 rings (SSSR count). The molecular weight excluding hydrogens is 374 g/mol. The second-order valence-electron chi connectivity index (χ2n) is 6.35. The highest BCUT2D eigenvalue weighted by Crippen LogP contribution is 2.27. The van der Waals surface area contributed by atoms with Crippen molar-refractivity contribution >= 4 is 17.5 Å². The molecule has 146 valence electrons. The summed E-state index contributed by atoms with van der Waals surface area (Å²) in [6.07, 6.45) is 1.63. The van der Waals surface area contributed by atoms with Crippen LogP contribution in [-0.2, 0) is 0 Å². The fourth-order valence-corrected chi connectivity index (χ4v) is 3.46. The molecule has 7 heteroatoms. The van der Waals surface area contributed by atoms with Crippen molar-refractivity contribution in [1.29, 1.82) is 0 Å². The number of para-hydroxylation sites is 1. The van der Waals surface area contributed by atoms with Gasteiger partial charge in [0.15, 0.2) is 5.69 Å². The van der Waals surface area contributed by atoms with Crippen LogP contribution in [0.1, 0.15) is 35.9 Å². The number of aromatic nitrogens is 3. The number of hydrogen-bond acceptors (Lipinski definition) is 4. The van der Waals surface area contributed by atoms with E-state index in [-0.39, 0.29) is 17.6 Å². The van der Waals surface area contributed by atoms with Crippen LogP contribution >= 0.6 is 11.6 Å². The molecular formula is C21H24ClN5O. The third-order valence-corrected chi connectivity index (χ3v) is 5.06. The van der Waals surface area contributed by atoms with Crippen LogP contribution in [0, 0.1) is 0 Å². The number of rotatable bonds is 8. The van der Waals surface area contributed by atoms with Gasteiger partial charge in [0.2, 0.25) is 0 Å². The Morgan fingerprint density at radius 3 is 2.46 bits per heavy atom. The van der Waals surface area contributed by atoms with E-state index in [0.717, 1.165) is 24.3 Å². The molecule has 6 nitrogen and oxygen atoms in total. The van der Waals surface area contributed by atoms with Gasteiger partial charge in [0.25, 0.3) is 5.91 Å². The van der Waals surface area contributed by atoms with Crippen molar-refractivity contribution in [3.8, 4) is 5.69 Å². The van der Waals surface area contributed by atoms with Crippen molar-refractivity contribution in [1.82, 2.24) is 25.2 Å². The molecule has 3 aromatic rings. The summed E-state index contributed by atoms with van der Waals surface area (Å²) < 4.78 is 1.59. The molecule has 0 fully saturated rings. The van der Waals surface area contributed by atoms with Gasteiger partial charge in [0.05, 0.1) is 17.9 Å². The zero-order valence-corrected chi connectivity index (χ0v) is 16.8. The highest BCUT2D eigenvalue weighted by Gasteiger charge is 2.22. The molecule has 1 unspecified atom stereocenters. The summed E-state index contributed by atoms with van der Waals surface area (Å²) in [5.41, 5.74) is 2.13. The van der Waals surface area contributed by atoms with Gasteiger partial charge in [-0.3, -0.25) is 9.69 Å². The average molecular weight is 398 g/mol. The van der Waals surface area contributed by atoms with E-state index in [1.165, 1.54) is 0 Å². The van der Waals surface area contributed by atoms with E-state index >= 15 is 0 Å². The van der Waals surface area contributed by atoms with E-state index in [4.69, 9.17) is 11.6 Å². The van der Waals surface area contributed by atoms with Crippen molar-refractivity contribution in [2.24, 2.45) is 0 Å². The van der Waals surface area contributed by atoms with Crippen LogP contribution in [0.25, 0.3) is 5.69 Å². The Morgan fingerprint density at radius 2 is 1.79 bits per heavy atom. The fourth-order valence-electron chi connectivity index (χ4n) is 3.20. The van der Waals surface area contributed by atoms with Gasteiger partial charge in [-0.25, -0.2) is 4.68 Å². The van der Waals surface area contributed by atoms with E-state index in [9.17, 15) is 4.79 Å². The second-order valence-corrected chi connectivity index (χ2v) is 6.76. The molecule has 0 aliphatic carbocycles. The molecule has 0 aliphatic heterocycles. The smallest absolute Gasteiger partial charge is 0.273 e. The predicted molar refractivity (Wildman–Crippen MR) is 111 cm³/mol. The average Bonchev–Trinajstić information content (AvgIpc) is 3.23. The van der Waals surface area contributed by atoms with Crippen LogP contribution < -0.4 is 5.32 Å². The van der Waals surface area contributed by atoms with E-state index in [1.807, 2.05) is 54.6 Å². The van der Waals surface area contributed by atoms with Crippen LogP contribution in [0.3, 0.4) is 0 Å². The lowest BCUT2D eigenvalue weighted by molar-refractivity contribution is 0.0930. The molecule has 1 atom stereocenters. The number of nitrogens with one attached hydrogen (secondary N) is 1. The summed E-state index contributed by atoms with van der Waals surface area (Å²) in [6, 6.07) is 17.3. The van der Waals surface area contributed by atoms with Gasteiger partial charge in [0.1, 0.15) is 0 Å². The number of benzene rings is 2. The van der Waals surface area contributed by atoms with Crippen molar-refractivity contribution in [3.05, 3.63) is 77.1 Å². The van der Waals surface area contributed by atoms with Gasteiger partial charge >= 0.3 is 0 Å². The Hall–Kier alpha value is -2.70. The first-order valence-corrected chi connectivity index (χ1v) is 9.76. The highest BCUT2D eigenvalue weighted by molar-refractivity contribution is 6.31. The molecule has 0 bridgehead atoms. The zero-order valence-electron chi connectivity index (χ0n) is 16.0. The van der Waals surface area contributed by atoms with Gasteiger partial charge < -0.3 is 5.32 Å². The van der Waals surface area contributed by atoms with Crippen LogP contribution in [-0.4, -0.2) is 45.4 Å². The van der Waals surface area contributed by atoms with Gasteiger partial charge in [-0.15, -0.1) is 5.10 Å². The molecule has 1 aromatic heterocycles. The topological polar surface area (TPSA) is 63.1 Å². The summed E-state index contributed by atoms with van der Waals surface area (Å²) in [5.74, 6) is -0.258. The van der Waals surface area contributed by atoms with Crippen LogP contribution in [0.15, 0.2) is 60.8 Å². The zero-order chi connectivity index (χ0) is 19.9. The summed E-state index contributed by atoms with van der Waals surface area (Å²) in [6.45, 7) is 6.34. The maximum Gasteiger partial charge on any atom is 0.273 e. The lowest BCUT2D eigenvalue weighted by Crippen LogP contribution is -2.38. The largest absolute Gasteiger partial charge is 0.349 e. The molecule has 0 saturated heterocycles. The van der Waals surface area contributed by atoms with E-state index in [0.29, 0.717) is 11.6 Å². The monoisotopic (exact) mass is 397 g/mol. The number of hydrogen-bond donors (Lipinski definition) is 1. The van der Waals surface area contributed by atoms with Crippen molar-refractivity contribution in [2.75, 3.05) is 19.6 Å². The van der Waals surface area contributed by atoms with Gasteiger partial charge in [-0.1, -0.05) is 67.1 Å². The maximum atomic E-state index is 12.6. The number of amides is 1. The third-order valence-electron chi connectivity index (χ3n) is 4.72. The first kappa shape index (κ1) is 20.0. The van der Waals surface area contributed by atoms with Crippen molar-refractivity contribution in [2.45, 2.75) is 19.9 Å². The van der Waals surface area contributed by atoms with Crippen molar-refractivity contribution < 1.29 is 4.79 Å². The minimum Gasteiger partial charge on any atom is -0.349 e. The molecule has 1 amide bonds. The Bertz CT molecular complexity index is 908. The van der Waals surface area contributed by atoms with E-state index in [1.54, 1.807) is 10.9 Å². The first-order chi connectivity index (χ1) is 13.6. The van der Waals surface area contributed by atoms with Crippen LogP contribution in [0.2, 0.25) is 5.02 Å². The molecule has 1 heterocycles. The number of carbonyl (C=O) groups excluding carboxylic acids is 1. The Labute approximate surface area is 170 Å². The number of halogens is 1. The third kappa shape index (κ3) is 4.58. The van der Waals surface area contributed by atoms with Gasteiger partial charge in [-0.2, -0.15) is 0 Å². The minimum atomic E-state index is -0.258. The lowest BCUT2D eigenvalue weighted by atomic mass is 10.0. The number of likely N-dealkylation sites (N-methyl/N-ethyl adjacent to an activating group) is 1. The molecule has 0 saturated carbocycles. The maximum absolute atomic E-state index is 12.6. The Kier molecular flexibility index (Phi) is 6.79. The lowest BCUT2D eigenvalue weighted by Gasteiger charge is -2.30. The first-order valence-electron chi connectivity index (χ1n) is 9.38. The Balaban J connectivity index is 1.74. The number of carbonyl (C=O) groups is 1. The van der Waals surface area contributed by atoms with E-state index < -0.39 is 0 Å². The van der Waals surface area contributed by atoms with E-state index in [2.05, 4.69) is 34.4 Å². The normalized spacial score (nSPS) is 12.1. The molecule has 0 radical (unpaired) electrons. The number of nitrogens with zero attached hydrogens (tertiary/aromatic N) is 4. The molecule has 1 N–H and O–H groups in total. The van der Waals surface area contributed by atoms with Gasteiger partial charge in [-0.05, 0) is 36.9 Å². The summed E-state index contributed by atoms with van der Waals surface area (Å²) >= 11 is 6.42. The molecule has 0 spiro atoms. The summed E-state index contributed by atoms with van der Waals surface area (Å²) in [4.78, 5) is 14.9. The molecule has 0 aliphatic rings. The SMILES string of the molecule is CCN(CC)C(CNC(=O)c1cn(-c2ccccc2)nn1)c1ccccc1Cl. The van der Waals surface area contributed by atoms with Gasteiger partial charge in [0, 0.05) is 11.6 Å². The quantitative estimate of drug-likeness (QED) is 0.629.